The van der Waals surface area contributed by atoms with E-state index in [1.54, 1.807) is 0 Å². The molecule has 2 nitrogen and oxygen atoms in total. The third-order valence-corrected chi connectivity index (χ3v) is 11.5. The lowest BCUT2D eigenvalue weighted by atomic mass is 10.0. The summed E-state index contributed by atoms with van der Waals surface area (Å²) in [4.78, 5) is 0. The predicted octanol–water partition coefficient (Wildman–Crippen LogP) is 6.45. The highest BCUT2D eigenvalue weighted by molar-refractivity contribution is 6.77. The zero-order chi connectivity index (χ0) is 18.2. The van der Waals surface area contributed by atoms with Crippen LogP contribution < -0.4 is 0 Å². The molecule has 0 fully saturated rings. The van der Waals surface area contributed by atoms with Gasteiger partial charge < -0.3 is 9.53 Å². The number of hydrogen-bond donors (Lipinski definition) is 1. The van der Waals surface area contributed by atoms with Gasteiger partial charge in [-0.2, -0.15) is 0 Å². The van der Waals surface area contributed by atoms with Gasteiger partial charge in [0, 0.05) is 0 Å². The van der Waals surface area contributed by atoms with Crippen LogP contribution in [-0.4, -0.2) is 25.6 Å². The summed E-state index contributed by atoms with van der Waals surface area (Å²) in [7, 11) is -1.94. The summed E-state index contributed by atoms with van der Waals surface area (Å²) >= 11 is 0. The van der Waals surface area contributed by atoms with Gasteiger partial charge in [0.2, 0.25) is 8.32 Å². The molecule has 0 unspecified atom stereocenters. The molecule has 0 aromatic rings. The third-order valence-electron chi connectivity index (χ3n) is 5.29. The van der Waals surface area contributed by atoms with E-state index in [-0.39, 0.29) is 6.10 Å². The summed E-state index contributed by atoms with van der Waals surface area (Å²) < 4.78 is 6.72. The first kappa shape index (κ1) is 22.9. The van der Waals surface area contributed by atoms with Gasteiger partial charge in [0.05, 0.1) is 12.2 Å². The first-order valence-electron chi connectivity index (χ1n) is 9.69. The summed E-state index contributed by atoms with van der Waals surface area (Å²) in [5.41, 5.74) is 2.79. The summed E-state index contributed by atoms with van der Waals surface area (Å²) in [6.07, 6.45) is 5.98. The van der Waals surface area contributed by atoms with Gasteiger partial charge in [-0.1, -0.05) is 74.3 Å². The summed E-state index contributed by atoms with van der Waals surface area (Å²) in [6.45, 7) is 20.2. The van der Waals surface area contributed by atoms with Crippen molar-refractivity contribution in [3.8, 4) is 0 Å². The minimum absolute atomic E-state index is 0.123. The van der Waals surface area contributed by atoms with E-state index in [0.717, 1.165) is 18.4 Å². The first-order chi connectivity index (χ1) is 10.6. The Hall–Kier alpha value is -0.123. The lowest BCUT2D eigenvalue weighted by Gasteiger charge is -2.45. The molecule has 138 valence electrons. The minimum Gasteiger partial charge on any atom is -0.410 e. The Bertz CT molecular complexity index is 326. The molecule has 0 bridgehead atoms. The minimum atomic E-state index is -1.94. The van der Waals surface area contributed by atoms with Crippen molar-refractivity contribution in [2.75, 3.05) is 0 Å². The fourth-order valence-electron chi connectivity index (χ4n) is 4.06. The van der Waals surface area contributed by atoms with Gasteiger partial charge in [-0.15, -0.1) is 0 Å². The largest absolute Gasteiger partial charge is 0.410 e. The molecule has 0 rings (SSSR count). The third kappa shape index (κ3) is 6.02. The molecule has 0 aliphatic rings. The van der Waals surface area contributed by atoms with Crippen molar-refractivity contribution in [1.29, 1.82) is 0 Å². The van der Waals surface area contributed by atoms with Crippen molar-refractivity contribution in [1.82, 2.24) is 0 Å². The molecule has 3 heteroatoms. The van der Waals surface area contributed by atoms with Crippen LogP contribution in [0.4, 0.5) is 0 Å². The van der Waals surface area contributed by atoms with E-state index >= 15 is 0 Å². The number of hydrogen-bond acceptors (Lipinski definition) is 2. The molecule has 0 amide bonds. The van der Waals surface area contributed by atoms with Gasteiger partial charge in [0.15, 0.2) is 0 Å². The Labute approximate surface area is 146 Å². The Kier molecular flexibility index (Phi) is 10.6. The maximum atomic E-state index is 10.8. The number of rotatable bonds is 11. The highest BCUT2D eigenvalue weighted by Gasteiger charge is 2.46. The van der Waals surface area contributed by atoms with Gasteiger partial charge in [-0.05, 0) is 42.0 Å². The van der Waals surface area contributed by atoms with E-state index in [9.17, 15) is 5.11 Å². The molecule has 0 aromatic heterocycles. The van der Waals surface area contributed by atoms with E-state index < -0.39 is 14.4 Å². The second-order valence-corrected chi connectivity index (χ2v) is 13.3. The fourth-order valence-corrected chi connectivity index (χ4v) is 9.65. The molecule has 0 radical (unpaired) electrons. The van der Waals surface area contributed by atoms with E-state index in [2.05, 4.69) is 68.4 Å². The van der Waals surface area contributed by atoms with Gasteiger partial charge >= 0.3 is 0 Å². The monoisotopic (exact) mass is 342 g/mol. The number of aliphatic hydroxyl groups excluding tert-OH is 1. The maximum Gasteiger partial charge on any atom is 0.200 e. The Morgan fingerprint density at radius 3 is 1.78 bits per heavy atom. The van der Waals surface area contributed by atoms with Gasteiger partial charge in [-0.3, -0.25) is 0 Å². The molecule has 0 spiro atoms. The van der Waals surface area contributed by atoms with Crippen molar-refractivity contribution in [2.45, 2.75) is 117 Å². The van der Waals surface area contributed by atoms with Gasteiger partial charge in [-0.25, -0.2) is 0 Å². The van der Waals surface area contributed by atoms with Gasteiger partial charge in [0.25, 0.3) is 0 Å². The second kappa shape index (κ2) is 10.7. The van der Waals surface area contributed by atoms with Crippen LogP contribution in [0.1, 0.15) is 88.0 Å². The van der Waals surface area contributed by atoms with E-state index in [1.807, 2.05) is 0 Å². The molecular formula is C20H42O2Si. The van der Waals surface area contributed by atoms with Crippen LogP contribution in [0.2, 0.25) is 16.6 Å². The molecule has 0 saturated heterocycles. The zero-order valence-corrected chi connectivity index (χ0v) is 18.1. The quantitative estimate of drug-likeness (QED) is 0.265. The van der Waals surface area contributed by atoms with Crippen LogP contribution in [0.3, 0.4) is 0 Å². The normalized spacial score (nSPS) is 16.5. The molecule has 1 N–H and O–H groups in total. The molecule has 0 aliphatic heterocycles. The number of aliphatic hydroxyl groups is 1. The molecule has 2 atom stereocenters. The van der Waals surface area contributed by atoms with E-state index in [4.69, 9.17) is 4.43 Å². The highest BCUT2D eigenvalue weighted by atomic mass is 28.4. The number of unbranched alkanes of at least 4 members (excludes halogenated alkanes) is 2. The van der Waals surface area contributed by atoms with Crippen LogP contribution in [-0.2, 0) is 4.43 Å². The molecule has 0 heterocycles. The SMILES string of the molecule is CCCC/C=C(/CC)[C@H](O)[C@H](C)O[Si](C(C)C)(C(C)C)C(C)C. The second-order valence-electron chi connectivity index (χ2n) is 7.86. The smallest absolute Gasteiger partial charge is 0.200 e. The zero-order valence-electron chi connectivity index (χ0n) is 17.1. The van der Waals surface area contributed by atoms with Crippen LogP contribution in [0, 0.1) is 0 Å². The fraction of sp³-hybridized carbons (Fsp3) is 0.900. The molecule has 0 saturated carbocycles. The standard InChI is InChI=1S/C20H42O2Si/c1-10-12-13-14-19(11-2)20(21)18(9)22-23(15(3)4,16(5)6)17(7)8/h14-18,20-21H,10-13H2,1-9H3/b19-14-/t18-,20+/m0/s1. The first-order valence-corrected chi connectivity index (χ1v) is 11.8. The Morgan fingerprint density at radius 1 is 0.957 bits per heavy atom. The summed E-state index contributed by atoms with van der Waals surface area (Å²) in [6, 6.07) is 0. The van der Waals surface area contributed by atoms with Crippen LogP contribution in [0.5, 0.6) is 0 Å². The predicted molar refractivity (Wildman–Crippen MR) is 106 cm³/mol. The average molecular weight is 343 g/mol. The molecule has 0 aliphatic carbocycles. The Morgan fingerprint density at radius 2 is 1.43 bits per heavy atom. The van der Waals surface area contributed by atoms with E-state index in [1.165, 1.54) is 12.8 Å². The maximum absolute atomic E-state index is 10.8. The van der Waals surface area contributed by atoms with Crippen molar-refractivity contribution in [3.63, 3.8) is 0 Å². The molecular weight excluding hydrogens is 300 g/mol. The van der Waals surface area contributed by atoms with Crippen molar-refractivity contribution >= 4 is 8.32 Å². The summed E-state index contributed by atoms with van der Waals surface area (Å²) in [5.74, 6) is 0. The molecule has 23 heavy (non-hydrogen) atoms. The summed E-state index contributed by atoms with van der Waals surface area (Å²) in [5, 5.41) is 10.8. The Balaban J connectivity index is 5.24. The lowest BCUT2D eigenvalue weighted by molar-refractivity contribution is 0.0571. The van der Waals surface area contributed by atoms with Crippen LogP contribution >= 0.6 is 0 Å². The van der Waals surface area contributed by atoms with Crippen LogP contribution in [0.25, 0.3) is 0 Å². The molecule has 0 aromatic carbocycles. The van der Waals surface area contributed by atoms with Crippen molar-refractivity contribution in [3.05, 3.63) is 11.6 Å². The lowest BCUT2D eigenvalue weighted by Crippen LogP contribution is -2.51. The van der Waals surface area contributed by atoms with Crippen LogP contribution in [0.15, 0.2) is 11.6 Å². The highest BCUT2D eigenvalue weighted by Crippen LogP contribution is 2.43. The topological polar surface area (TPSA) is 29.5 Å². The van der Waals surface area contributed by atoms with Gasteiger partial charge in [0.1, 0.15) is 0 Å². The van der Waals surface area contributed by atoms with Crippen molar-refractivity contribution < 1.29 is 9.53 Å². The average Bonchev–Trinajstić information content (AvgIpc) is 2.47. The van der Waals surface area contributed by atoms with E-state index in [0.29, 0.717) is 16.6 Å². The number of allylic oxidation sites excluding steroid dienone is 1. The van der Waals surface area contributed by atoms with Crippen molar-refractivity contribution in [2.24, 2.45) is 0 Å².